The molecule has 1 unspecified atom stereocenters. The van der Waals surface area contributed by atoms with Gasteiger partial charge in [-0.3, -0.25) is 9.59 Å². The van der Waals surface area contributed by atoms with Gasteiger partial charge in [-0.1, -0.05) is 0 Å². The normalized spacial score (nSPS) is 10.8. The molecular weight excluding hydrogens is 154 g/mol. The third-order valence-corrected chi connectivity index (χ3v) is 0.514. The Morgan fingerprint density at radius 1 is 1.45 bits per heavy atom. The molecule has 0 aromatic heterocycles. The first-order valence-corrected chi connectivity index (χ1v) is 2.70. The molecule has 0 aromatic rings. The number of rotatable bonds is 2. The zero-order valence-corrected chi connectivity index (χ0v) is 6.02. The standard InChI is InChI=1S/C3H7NO3.C2H4O2/c4-2(1-5)3(6)7;1-2(3)4/h2,5H,1,4H2,(H,6,7);1H3,(H,3,4). The summed E-state index contributed by atoms with van der Waals surface area (Å²) in [7, 11) is 0. The molecule has 1 atom stereocenters. The molecule has 0 amide bonds. The molecule has 0 aromatic carbocycles. The second-order valence-electron chi connectivity index (χ2n) is 1.65. The van der Waals surface area contributed by atoms with E-state index in [2.05, 4.69) is 0 Å². The van der Waals surface area contributed by atoms with Crippen molar-refractivity contribution in [1.29, 1.82) is 0 Å². The van der Waals surface area contributed by atoms with Crippen molar-refractivity contribution in [3.8, 4) is 0 Å². The molecule has 0 saturated carbocycles. The van der Waals surface area contributed by atoms with Crippen molar-refractivity contribution in [1.82, 2.24) is 0 Å². The lowest BCUT2D eigenvalue weighted by Crippen LogP contribution is -2.33. The van der Waals surface area contributed by atoms with Gasteiger partial charge in [0.05, 0.1) is 6.61 Å². The van der Waals surface area contributed by atoms with Crippen molar-refractivity contribution in [2.45, 2.75) is 13.0 Å². The third-order valence-electron chi connectivity index (χ3n) is 0.514. The van der Waals surface area contributed by atoms with Crippen LogP contribution < -0.4 is 5.73 Å². The number of aliphatic hydroxyl groups is 1. The van der Waals surface area contributed by atoms with E-state index in [-0.39, 0.29) is 0 Å². The van der Waals surface area contributed by atoms with Crippen LogP contribution >= 0.6 is 0 Å². The van der Waals surface area contributed by atoms with Crippen LogP contribution in [0, 0.1) is 0 Å². The minimum Gasteiger partial charge on any atom is -0.481 e. The fourth-order valence-electron chi connectivity index (χ4n) is 0.0781. The zero-order valence-electron chi connectivity index (χ0n) is 6.02. The molecule has 0 fully saturated rings. The second kappa shape index (κ2) is 6.97. The second-order valence-corrected chi connectivity index (χ2v) is 1.65. The van der Waals surface area contributed by atoms with Crippen LogP contribution in [-0.4, -0.2) is 39.9 Å². The highest BCUT2D eigenvalue weighted by molar-refractivity contribution is 5.73. The molecule has 5 N–H and O–H groups in total. The lowest BCUT2D eigenvalue weighted by Gasteiger charge is -1.96. The molecule has 0 aliphatic heterocycles. The molecule has 0 aliphatic carbocycles. The summed E-state index contributed by atoms with van der Waals surface area (Å²) in [4.78, 5) is 18.6. The maximum atomic E-state index is 9.65. The molecule has 0 heterocycles. The highest BCUT2D eigenvalue weighted by Crippen LogP contribution is 1.71. The van der Waals surface area contributed by atoms with Crippen LogP contribution in [0.2, 0.25) is 0 Å². The molecule has 6 nitrogen and oxygen atoms in total. The van der Waals surface area contributed by atoms with E-state index in [9.17, 15) is 4.79 Å². The van der Waals surface area contributed by atoms with Gasteiger partial charge < -0.3 is 21.1 Å². The summed E-state index contributed by atoms with van der Waals surface area (Å²) in [5.41, 5.74) is 4.77. The fraction of sp³-hybridized carbons (Fsp3) is 0.600. The Kier molecular flexibility index (Phi) is 7.94. The summed E-state index contributed by atoms with van der Waals surface area (Å²) < 4.78 is 0. The average molecular weight is 165 g/mol. The van der Waals surface area contributed by atoms with Crippen LogP contribution in [0.25, 0.3) is 0 Å². The molecular formula is C5H11NO5. The van der Waals surface area contributed by atoms with Gasteiger partial charge >= 0.3 is 5.97 Å². The Hall–Kier alpha value is -1.14. The van der Waals surface area contributed by atoms with Gasteiger partial charge in [-0.15, -0.1) is 0 Å². The molecule has 0 spiro atoms. The molecule has 0 radical (unpaired) electrons. The van der Waals surface area contributed by atoms with Gasteiger partial charge in [-0.25, -0.2) is 0 Å². The van der Waals surface area contributed by atoms with Crippen molar-refractivity contribution in [2.75, 3.05) is 6.61 Å². The Labute approximate surface area is 63.3 Å². The Morgan fingerprint density at radius 2 is 1.73 bits per heavy atom. The van der Waals surface area contributed by atoms with Crippen LogP contribution in [0.4, 0.5) is 0 Å². The average Bonchev–Trinajstić information content (AvgIpc) is 1.85. The lowest BCUT2D eigenvalue weighted by atomic mass is 10.3. The van der Waals surface area contributed by atoms with Crippen LogP contribution in [0.3, 0.4) is 0 Å². The molecule has 0 bridgehead atoms. The first-order chi connectivity index (χ1) is 4.91. The van der Waals surface area contributed by atoms with Gasteiger partial charge in [0.2, 0.25) is 0 Å². The van der Waals surface area contributed by atoms with E-state index in [1.807, 2.05) is 0 Å². The molecule has 66 valence electrons. The Balaban J connectivity index is 0. The van der Waals surface area contributed by atoms with Crippen molar-refractivity contribution in [2.24, 2.45) is 5.73 Å². The molecule has 0 saturated heterocycles. The number of hydrogen-bond donors (Lipinski definition) is 4. The smallest absolute Gasteiger partial charge is 0.322 e. The van der Waals surface area contributed by atoms with Gasteiger partial charge in [0.25, 0.3) is 5.97 Å². The minimum absolute atomic E-state index is 0.505. The largest absolute Gasteiger partial charge is 0.481 e. The predicted molar refractivity (Wildman–Crippen MR) is 36.0 cm³/mol. The summed E-state index contributed by atoms with van der Waals surface area (Å²) in [6.45, 7) is 0.579. The summed E-state index contributed by atoms with van der Waals surface area (Å²) in [5, 5.41) is 23.3. The number of carboxylic acid groups (broad SMARTS) is 2. The highest BCUT2D eigenvalue weighted by atomic mass is 16.4. The Morgan fingerprint density at radius 3 is 1.73 bits per heavy atom. The van der Waals surface area contributed by atoms with Gasteiger partial charge in [0.15, 0.2) is 0 Å². The highest BCUT2D eigenvalue weighted by Gasteiger charge is 2.06. The number of aliphatic carboxylic acids is 2. The summed E-state index contributed by atoms with van der Waals surface area (Å²) in [5.74, 6) is -2.01. The van der Waals surface area contributed by atoms with Crippen molar-refractivity contribution >= 4 is 11.9 Å². The zero-order chi connectivity index (χ0) is 9.44. The van der Waals surface area contributed by atoms with Crippen LogP contribution in [0.15, 0.2) is 0 Å². The van der Waals surface area contributed by atoms with Gasteiger partial charge in [0.1, 0.15) is 6.04 Å². The van der Waals surface area contributed by atoms with Crippen molar-refractivity contribution in [3.05, 3.63) is 0 Å². The van der Waals surface area contributed by atoms with E-state index in [1.54, 1.807) is 0 Å². The van der Waals surface area contributed by atoms with Crippen LogP contribution in [-0.2, 0) is 9.59 Å². The maximum absolute atomic E-state index is 9.65. The predicted octanol–water partition coefficient (Wildman–Crippen LogP) is -1.52. The summed E-state index contributed by atoms with van der Waals surface area (Å²) in [6.07, 6.45) is 0. The van der Waals surface area contributed by atoms with E-state index < -0.39 is 24.6 Å². The minimum atomic E-state index is -1.18. The first kappa shape index (κ1) is 12.5. The van der Waals surface area contributed by atoms with Gasteiger partial charge in [-0.2, -0.15) is 0 Å². The summed E-state index contributed by atoms with van der Waals surface area (Å²) >= 11 is 0. The quantitative estimate of drug-likeness (QED) is 0.394. The number of carbonyl (C=O) groups is 2. The number of nitrogens with two attached hydrogens (primary N) is 1. The number of aliphatic hydroxyl groups excluding tert-OH is 1. The van der Waals surface area contributed by atoms with Crippen molar-refractivity contribution < 1.29 is 24.9 Å². The maximum Gasteiger partial charge on any atom is 0.322 e. The van der Waals surface area contributed by atoms with Crippen LogP contribution in [0.1, 0.15) is 6.92 Å². The number of hydrogen-bond acceptors (Lipinski definition) is 4. The van der Waals surface area contributed by atoms with Gasteiger partial charge in [-0.05, 0) is 0 Å². The summed E-state index contributed by atoms with van der Waals surface area (Å²) in [6, 6.07) is -1.13. The molecule has 6 heteroatoms. The molecule has 0 rings (SSSR count). The lowest BCUT2D eigenvalue weighted by molar-refractivity contribution is -0.139. The van der Waals surface area contributed by atoms with E-state index in [0.29, 0.717) is 0 Å². The van der Waals surface area contributed by atoms with E-state index in [4.69, 9.17) is 25.8 Å². The Bertz CT molecular complexity index is 131. The topological polar surface area (TPSA) is 121 Å². The fourth-order valence-corrected chi connectivity index (χ4v) is 0.0781. The monoisotopic (exact) mass is 165 g/mol. The van der Waals surface area contributed by atoms with Crippen molar-refractivity contribution in [3.63, 3.8) is 0 Å². The molecule has 0 aliphatic rings. The SMILES string of the molecule is CC(=O)O.NC(CO)C(=O)O. The third kappa shape index (κ3) is 17.7. The van der Waals surface area contributed by atoms with Crippen LogP contribution in [0.5, 0.6) is 0 Å². The first-order valence-electron chi connectivity index (χ1n) is 2.70. The van der Waals surface area contributed by atoms with E-state index in [1.165, 1.54) is 0 Å². The van der Waals surface area contributed by atoms with E-state index in [0.717, 1.165) is 6.92 Å². The number of carboxylic acids is 2. The van der Waals surface area contributed by atoms with E-state index >= 15 is 0 Å². The molecule has 11 heavy (non-hydrogen) atoms. The van der Waals surface area contributed by atoms with Gasteiger partial charge in [0, 0.05) is 6.92 Å².